The van der Waals surface area contributed by atoms with E-state index >= 15 is 4.39 Å². The smallest absolute Gasteiger partial charge is 0.407 e. The molecule has 2 aliphatic rings. The minimum absolute atomic E-state index is 0.0584. The van der Waals surface area contributed by atoms with Gasteiger partial charge in [0.05, 0.1) is 6.61 Å². The number of H-pyrrole nitrogens is 1. The van der Waals surface area contributed by atoms with Gasteiger partial charge in [-0.1, -0.05) is 0 Å². The maximum absolute atomic E-state index is 15.1. The standard InChI is InChI=1S/C21H28FN7O4/c1-4-33-19(30)17-16(22)18(23-15-8-11(2)26-27-15)25-20(24-17)28(3)14-9-12-6-5-7-13(10-14)29(12)21(31)32/h8,12-14H,4-7,9-10H2,1-3H3,(H,31,32)(H2,23,24,25,26,27)/t12-,13+,14+. The number of hydrogen-bond donors (Lipinski definition) is 3. The van der Waals surface area contributed by atoms with Crippen LogP contribution in [0.15, 0.2) is 6.07 Å². The van der Waals surface area contributed by atoms with Crippen molar-refractivity contribution in [3.63, 3.8) is 0 Å². The highest BCUT2D eigenvalue weighted by atomic mass is 19.1. The lowest BCUT2D eigenvalue weighted by Gasteiger charge is -2.49. The first-order chi connectivity index (χ1) is 15.8. The average molecular weight is 461 g/mol. The molecule has 3 atom stereocenters. The molecule has 2 saturated heterocycles. The molecule has 4 heterocycles. The number of aryl methyl sites for hydroxylation is 1. The van der Waals surface area contributed by atoms with E-state index in [1.807, 2.05) is 0 Å². The van der Waals surface area contributed by atoms with Crippen LogP contribution in [-0.2, 0) is 4.74 Å². The van der Waals surface area contributed by atoms with Crippen molar-refractivity contribution in [3.05, 3.63) is 23.3 Å². The van der Waals surface area contributed by atoms with Crippen LogP contribution in [0.25, 0.3) is 0 Å². The van der Waals surface area contributed by atoms with Crippen LogP contribution in [0, 0.1) is 12.7 Å². The third-order valence-electron chi connectivity index (χ3n) is 6.29. The second-order valence-electron chi connectivity index (χ2n) is 8.48. The second kappa shape index (κ2) is 9.20. The van der Waals surface area contributed by atoms with E-state index in [0.29, 0.717) is 18.7 Å². The van der Waals surface area contributed by atoms with Crippen LogP contribution in [-0.4, -0.2) is 74.0 Å². The summed E-state index contributed by atoms with van der Waals surface area (Å²) >= 11 is 0. The van der Waals surface area contributed by atoms with Gasteiger partial charge in [-0.05, 0) is 46.0 Å². The molecule has 2 aliphatic heterocycles. The van der Waals surface area contributed by atoms with E-state index in [9.17, 15) is 14.7 Å². The lowest BCUT2D eigenvalue weighted by atomic mass is 9.81. The number of carboxylic acid groups (broad SMARTS) is 1. The first kappa shape index (κ1) is 22.7. The fourth-order valence-electron chi connectivity index (χ4n) is 4.76. The summed E-state index contributed by atoms with van der Waals surface area (Å²) < 4.78 is 20.1. The van der Waals surface area contributed by atoms with Crippen LogP contribution >= 0.6 is 0 Å². The number of anilines is 3. The Kier molecular flexibility index (Phi) is 6.34. The minimum atomic E-state index is -0.927. The molecule has 0 spiro atoms. The van der Waals surface area contributed by atoms with Gasteiger partial charge in [-0.2, -0.15) is 10.1 Å². The van der Waals surface area contributed by atoms with Crippen molar-refractivity contribution in [1.29, 1.82) is 0 Å². The lowest BCUT2D eigenvalue weighted by Crippen LogP contribution is -2.58. The van der Waals surface area contributed by atoms with Gasteiger partial charge < -0.3 is 25.0 Å². The Hall–Kier alpha value is -3.44. The van der Waals surface area contributed by atoms with Crippen LogP contribution in [0.5, 0.6) is 0 Å². The molecule has 0 saturated carbocycles. The van der Waals surface area contributed by atoms with Gasteiger partial charge in [0.1, 0.15) is 0 Å². The molecule has 2 aromatic rings. The summed E-state index contributed by atoms with van der Waals surface area (Å²) in [6.45, 7) is 3.51. The molecular formula is C21H28FN7O4. The third-order valence-corrected chi connectivity index (χ3v) is 6.29. The van der Waals surface area contributed by atoms with Crippen molar-refractivity contribution in [2.75, 3.05) is 23.9 Å². The molecule has 0 unspecified atom stereocenters. The van der Waals surface area contributed by atoms with E-state index in [1.54, 1.807) is 36.8 Å². The molecule has 2 bridgehead atoms. The topological polar surface area (TPSA) is 137 Å². The Morgan fingerprint density at radius 1 is 1.33 bits per heavy atom. The fourth-order valence-corrected chi connectivity index (χ4v) is 4.76. The van der Waals surface area contributed by atoms with E-state index in [4.69, 9.17) is 4.74 Å². The van der Waals surface area contributed by atoms with E-state index < -0.39 is 23.6 Å². The summed E-state index contributed by atoms with van der Waals surface area (Å²) in [4.78, 5) is 36.0. The predicted octanol–water partition coefficient (Wildman–Crippen LogP) is 3.07. The predicted molar refractivity (Wildman–Crippen MR) is 117 cm³/mol. The average Bonchev–Trinajstić information content (AvgIpc) is 3.18. The second-order valence-corrected chi connectivity index (χ2v) is 8.48. The summed E-state index contributed by atoms with van der Waals surface area (Å²) in [7, 11) is 1.78. The van der Waals surface area contributed by atoms with Gasteiger partial charge in [-0.3, -0.25) is 5.10 Å². The molecular weight excluding hydrogens is 433 g/mol. The van der Waals surface area contributed by atoms with Crippen molar-refractivity contribution in [2.45, 2.75) is 64.1 Å². The molecule has 1 amide bonds. The van der Waals surface area contributed by atoms with Gasteiger partial charge in [0.2, 0.25) is 5.95 Å². The van der Waals surface area contributed by atoms with Gasteiger partial charge in [0, 0.05) is 36.9 Å². The van der Waals surface area contributed by atoms with Crippen LogP contribution in [0.3, 0.4) is 0 Å². The highest BCUT2D eigenvalue weighted by Gasteiger charge is 2.42. The molecule has 0 radical (unpaired) electrons. The molecule has 0 aliphatic carbocycles. The summed E-state index contributed by atoms with van der Waals surface area (Å²) in [6.07, 6.45) is 2.92. The Morgan fingerprint density at radius 2 is 2.03 bits per heavy atom. The van der Waals surface area contributed by atoms with Gasteiger partial charge in [-0.25, -0.2) is 19.0 Å². The molecule has 178 valence electrons. The number of carbonyl (C=O) groups excluding carboxylic acids is 1. The van der Waals surface area contributed by atoms with Gasteiger partial charge in [0.15, 0.2) is 23.1 Å². The quantitative estimate of drug-likeness (QED) is 0.554. The molecule has 33 heavy (non-hydrogen) atoms. The van der Waals surface area contributed by atoms with Crippen molar-refractivity contribution in [3.8, 4) is 0 Å². The van der Waals surface area contributed by atoms with Crippen LogP contribution in [0.2, 0.25) is 0 Å². The number of halogens is 1. The fraction of sp³-hybridized carbons (Fsp3) is 0.571. The van der Waals surface area contributed by atoms with Crippen molar-refractivity contribution in [2.24, 2.45) is 0 Å². The molecule has 2 aromatic heterocycles. The summed E-state index contributed by atoms with van der Waals surface area (Å²) in [5, 5.41) is 19.2. The number of aromatic amines is 1. The molecule has 4 rings (SSSR count). The molecule has 11 nitrogen and oxygen atoms in total. The number of rotatable bonds is 6. The van der Waals surface area contributed by atoms with Crippen LogP contribution in [0.1, 0.15) is 55.2 Å². The monoisotopic (exact) mass is 461 g/mol. The van der Waals surface area contributed by atoms with E-state index in [2.05, 4.69) is 25.5 Å². The zero-order valence-electron chi connectivity index (χ0n) is 18.8. The summed E-state index contributed by atoms with van der Waals surface area (Å²) in [6, 6.07) is 1.45. The Bertz CT molecular complexity index is 1030. The number of esters is 1. The Labute approximate surface area is 190 Å². The highest BCUT2D eigenvalue weighted by Crippen LogP contribution is 2.37. The number of nitrogens with one attached hydrogen (secondary N) is 2. The molecule has 2 fully saturated rings. The summed E-state index contributed by atoms with van der Waals surface area (Å²) in [5.74, 6) is -1.50. The van der Waals surface area contributed by atoms with Gasteiger partial charge >= 0.3 is 12.1 Å². The third kappa shape index (κ3) is 4.55. The van der Waals surface area contributed by atoms with Crippen molar-refractivity contribution in [1.82, 2.24) is 25.1 Å². The number of fused-ring (bicyclic) bond motifs is 2. The maximum atomic E-state index is 15.1. The molecule has 12 heteroatoms. The normalized spacial score (nSPS) is 22.1. The maximum Gasteiger partial charge on any atom is 0.407 e. The number of hydrogen-bond acceptors (Lipinski definition) is 8. The van der Waals surface area contributed by atoms with Crippen LogP contribution in [0.4, 0.5) is 26.8 Å². The largest absolute Gasteiger partial charge is 0.465 e. The number of ether oxygens (including phenoxy) is 1. The van der Waals surface area contributed by atoms with E-state index in [1.165, 1.54) is 0 Å². The number of carbonyl (C=O) groups is 2. The van der Waals surface area contributed by atoms with E-state index in [-0.39, 0.29) is 36.5 Å². The number of nitrogens with zero attached hydrogens (tertiary/aromatic N) is 5. The minimum Gasteiger partial charge on any atom is -0.465 e. The first-order valence-corrected chi connectivity index (χ1v) is 11.1. The number of aromatic nitrogens is 4. The Morgan fingerprint density at radius 3 is 2.61 bits per heavy atom. The molecule has 3 N–H and O–H groups in total. The van der Waals surface area contributed by atoms with E-state index in [0.717, 1.165) is 25.0 Å². The zero-order chi connectivity index (χ0) is 23.7. The number of amides is 1. The van der Waals surface area contributed by atoms with Crippen molar-refractivity contribution >= 4 is 29.6 Å². The first-order valence-electron chi connectivity index (χ1n) is 11.1. The van der Waals surface area contributed by atoms with Gasteiger partial charge in [-0.15, -0.1) is 0 Å². The van der Waals surface area contributed by atoms with Crippen LogP contribution < -0.4 is 10.2 Å². The summed E-state index contributed by atoms with van der Waals surface area (Å²) in [5.41, 5.74) is 0.304. The SMILES string of the molecule is CCOC(=O)c1nc(N(C)[C@H]2C[C@H]3CCC[C@@H](C2)N3C(=O)O)nc(Nc2cc(C)[nH]n2)c1F. The number of piperidine rings is 2. The molecule has 0 aromatic carbocycles. The Balaban J connectivity index is 1.65. The lowest BCUT2D eigenvalue weighted by molar-refractivity contribution is 0.0350. The van der Waals surface area contributed by atoms with Crippen molar-refractivity contribution < 1.29 is 23.8 Å². The van der Waals surface area contributed by atoms with Gasteiger partial charge in [0.25, 0.3) is 0 Å². The highest BCUT2D eigenvalue weighted by molar-refractivity contribution is 5.89. The zero-order valence-corrected chi connectivity index (χ0v) is 18.8.